The molecular formula is C34H27P. The Morgan fingerprint density at radius 2 is 1.09 bits per heavy atom. The molecule has 1 unspecified atom stereocenters. The van der Waals surface area contributed by atoms with Crippen molar-refractivity contribution in [2.24, 2.45) is 0 Å². The summed E-state index contributed by atoms with van der Waals surface area (Å²) in [6.45, 7) is 2.28. The molecule has 5 aromatic carbocycles. The van der Waals surface area contributed by atoms with Crippen LogP contribution in [0.25, 0.3) is 17.2 Å². The number of allylic oxidation sites excluding steroid dienone is 1. The van der Waals surface area contributed by atoms with E-state index in [4.69, 9.17) is 0 Å². The Kier molecular flexibility index (Phi) is 5.91. The summed E-state index contributed by atoms with van der Waals surface area (Å²) in [6.07, 6.45) is 2.36. The molecular weight excluding hydrogens is 439 g/mol. The van der Waals surface area contributed by atoms with Crippen LogP contribution in [0.2, 0.25) is 0 Å². The smallest absolute Gasteiger partial charge is 0.0312 e. The highest BCUT2D eigenvalue weighted by molar-refractivity contribution is 7.79. The number of hydrogen-bond acceptors (Lipinski definition) is 0. The van der Waals surface area contributed by atoms with Gasteiger partial charge in [-0.2, -0.15) is 0 Å². The summed E-state index contributed by atoms with van der Waals surface area (Å²) in [5, 5.41) is 4.20. The van der Waals surface area contributed by atoms with Crippen molar-refractivity contribution >= 4 is 29.9 Å². The van der Waals surface area contributed by atoms with Gasteiger partial charge in [0.15, 0.2) is 0 Å². The van der Waals surface area contributed by atoms with E-state index in [9.17, 15) is 0 Å². The Morgan fingerprint density at radius 3 is 1.74 bits per heavy atom. The van der Waals surface area contributed by atoms with Crippen LogP contribution in [0.3, 0.4) is 0 Å². The number of rotatable bonds is 5. The molecule has 35 heavy (non-hydrogen) atoms. The molecule has 0 radical (unpaired) electrons. The summed E-state index contributed by atoms with van der Waals surface area (Å²) < 4.78 is 0. The van der Waals surface area contributed by atoms with E-state index in [0.29, 0.717) is 0 Å². The Hall–Kier alpha value is -3.73. The van der Waals surface area contributed by atoms with Gasteiger partial charge < -0.3 is 0 Å². The average Bonchev–Trinajstić information content (AvgIpc) is 3.26. The van der Waals surface area contributed by atoms with Crippen molar-refractivity contribution in [3.05, 3.63) is 156 Å². The molecule has 168 valence electrons. The molecule has 5 aromatic rings. The first-order valence-corrected chi connectivity index (χ1v) is 13.5. The minimum atomic E-state index is -0.725. The van der Waals surface area contributed by atoms with Crippen LogP contribution in [-0.2, 0) is 0 Å². The molecule has 0 nitrogen and oxygen atoms in total. The van der Waals surface area contributed by atoms with Crippen molar-refractivity contribution in [3.63, 3.8) is 0 Å². The molecule has 1 aliphatic carbocycles. The van der Waals surface area contributed by atoms with E-state index < -0.39 is 7.92 Å². The molecule has 0 saturated carbocycles. The van der Waals surface area contributed by atoms with Gasteiger partial charge in [0, 0.05) is 5.92 Å². The largest absolute Gasteiger partial charge is 0.0622 e. The van der Waals surface area contributed by atoms with E-state index in [1.165, 1.54) is 49.3 Å². The van der Waals surface area contributed by atoms with Gasteiger partial charge in [0.2, 0.25) is 0 Å². The predicted octanol–water partition coefficient (Wildman–Crippen LogP) is 7.66. The highest BCUT2D eigenvalue weighted by Crippen LogP contribution is 2.45. The van der Waals surface area contributed by atoms with Crippen molar-refractivity contribution in [1.82, 2.24) is 0 Å². The third-order valence-electron chi connectivity index (χ3n) is 6.86. The molecule has 1 heteroatoms. The normalized spacial score (nSPS) is 14.6. The summed E-state index contributed by atoms with van der Waals surface area (Å²) >= 11 is 0. The highest BCUT2D eigenvalue weighted by atomic mass is 31.1. The monoisotopic (exact) mass is 466 g/mol. The third-order valence-corrected chi connectivity index (χ3v) is 9.36. The van der Waals surface area contributed by atoms with E-state index in [-0.39, 0.29) is 5.92 Å². The molecule has 0 N–H and O–H groups in total. The van der Waals surface area contributed by atoms with Gasteiger partial charge >= 0.3 is 0 Å². The molecule has 1 aliphatic rings. The SMILES string of the molecule is CC1=Cc2ccccc2C1c1ccc(-c2ccccc2)cc1P(c1ccccc1)c1ccccc1. The van der Waals surface area contributed by atoms with Crippen molar-refractivity contribution in [2.45, 2.75) is 12.8 Å². The molecule has 0 amide bonds. The fraction of sp³-hybridized carbons (Fsp3) is 0.0588. The van der Waals surface area contributed by atoms with Crippen LogP contribution in [0, 0.1) is 0 Å². The van der Waals surface area contributed by atoms with Gasteiger partial charge in [-0.25, -0.2) is 0 Å². The zero-order valence-electron chi connectivity index (χ0n) is 19.8. The van der Waals surface area contributed by atoms with Crippen LogP contribution in [0.15, 0.2) is 139 Å². The molecule has 0 saturated heterocycles. The lowest BCUT2D eigenvalue weighted by Gasteiger charge is -2.27. The van der Waals surface area contributed by atoms with E-state index >= 15 is 0 Å². The van der Waals surface area contributed by atoms with Crippen LogP contribution in [0.5, 0.6) is 0 Å². The maximum absolute atomic E-state index is 2.46. The minimum Gasteiger partial charge on any atom is -0.0622 e. The van der Waals surface area contributed by atoms with Crippen molar-refractivity contribution in [2.75, 3.05) is 0 Å². The van der Waals surface area contributed by atoms with Gasteiger partial charge in [0.05, 0.1) is 0 Å². The highest BCUT2D eigenvalue weighted by Gasteiger charge is 2.29. The summed E-state index contributed by atoms with van der Waals surface area (Å²) in [5.74, 6) is 0.281. The first-order chi connectivity index (χ1) is 17.3. The molecule has 6 rings (SSSR count). The Labute approximate surface area is 209 Å². The van der Waals surface area contributed by atoms with Crippen LogP contribution < -0.4 is 15.9 Å². The Balaban J connectivity index is 1.62. The van der Waals surface area contributed by atoms with Crippen LogP contribution in [0.1, 0.15) is 29.5 Å². The summed E-state index contributed by atoms with van der Waals surface area (Å²) in [4.78, 5) is 0. The van der Waals surface area contributed by atoms with Gasteiger partial charge in [-0.3, -0.25) is 0 Å². The third kappa shape index (κ3) is 4.16. The lowest BCUT2D eigenvalue weighted by Crippen LogP contribution is -2.25. The van der Waals surface area contributed by atoms with E-state index in [0.717, 1.165) is 0 Å². The molecule has 0 bridgehead atoms. The van der Waals surface area contributed by atoms with Gasteiger partial charge in [0.25, 0.3) is 0 Å². The first kappa shape index (κ1) is 21.8. The predicted molar refractivity (Wildman–Crippen MR) is 153 cm³/mol. The second-order valence-corrected chi connectivity index (χ2v) is 11.3. The van der Waals surface area contributed by atoms with E-state index in [1.54, 1.807) is 0 Å². The number of benzene rings is 5. The zero-order chi connectivity index (χ0) is 23.6. The molecule has 0 heterocycles. The Bertz CT molecular complexity index is 1440. The van der Waals surface area contributed by atoms with Gasteiger partial charge in [0.1, 0.15) is 0 Å². The quantitative estimate of drug-likeness (QED) is 0.233. The summed E-state index contributed by atoms with van der Waals surface area (Å²) in [5.41, 5.74) is 8.12. The van der Waals surface area contributed by atoms with Gasteiger partial charge in [-0.05, 0) is 64.6 Å². The Morgan fingerprint density at radius 1 is 0.514 bits per heavy atom. The summed E-state index contributed by atoms with van der Waals surface area (Å²) in [6, 6.07) is 48.9. The first-order valence-electron chi connectivity index (χ1n) is 12.2. The van der Waals surface area contributed by atoms with Crippen molar-refractivity contribution in [1.29, 1.82) is 0 Å². The lowest BCUT2D eigenvalue weighted by molar-refractivity contribution is 0.985. The van der Waals surface area contributed by atoms with E-state index in [2.05, 4.69) is 146 Å². The molecule has 0 aromatic heterocycles. The molecule has 0 fully saturated rings. The maximum Gasteiger partial charge on any atom is 0.0312 e. The standard InChI is InChI=1S/C34H27P/c1-25-23-28-15-11-12-20-31(28)34(25)32-22-21-27(26-13-5-2-6-14-26)24-33(32)35(29-16-7-3-8-17-29)30-18-9-4-10-19-30/h2-24,34H,1H3. The molecule has 1 atom stereocenters. The maximum atomic E-state index is 2.46. The lowest BCUT2D eigenvalue weighted by atomic mass is 9.88. The fourth-order valence-electron chi connectivity index (χ4n) is 5.26. The molecule has 0 spiro atoms. The molecule has 0 aliphatic heterocycles. The van der Waals surface area contributed by atoms with Gasteiger partial charge in [-0.15, -0.1) is 0 Å². The summed E-state index contributed by atoms with van der Waals surface area (Å²) in [7, 11) is -0.725. The van der Waals surface area contributed by atoms with Crippen LogP contribution in [0.4, 0.5) is 0 Å². The minimum absolute atomic E-state index is 0.281. The van der Waals surface area contributed by atoms with Crippen molar-refractivity contribution < 1.29 is 0 Å². The average molecular weight is 467 g/mol. The van der Waals surface area contributed by atoms with E-state index in [1.807, 2.05) is 0 Å². The zero-order valence-corrected chi connectivity index (χ0v) is 20.7. The second-order valence-electron chi connectivity index (χ2n) is 9.10. The number of fused-ring (bicyclic) bond motifs is 1. The topological polar surface area (TPSA) is 0 Å². The van der Waals surface area contributed by atoms with Crippen LogP contribution in [-0.4, -0.2) is 0 Å². The van der Waals surface area contributed by atoms with Crippen LogP contribution >= 0.6 is 7.92 Å². The van der Waals surface area contributed by atoms with Gasteiger partial charge in [-0.1, -0.05) is 139 Å². The number of hydrogen-bond donors (Lipinski definition) is 0. The second kappa shape index (κ2) is 9.49. The fourth-order valence-corrected chi connectivity index (χ4v) is 7.79. The van der Waals surface area contributed by atoms with Crippen molar-refractivity contribution in [3.8, 4) is 11.1 Å².